The van der Waals surface area contributed by atoms with E-state index in [1.807, 2.05) is 6.92 Å². The summed E-state index contributed by atoms with van der Waals surface area (Å²) in [5.74, 6) is -0.157. The van der Waals surface area contributed by atoms with Crippen LogP contribution >= 0.6 is 11.6 Å². The molecule has 0 spiro atoms. The number of amides is 1. The first-order chi connectivity index (χ1) is 14.3. The Bertz CT molecular complexity index is 1160. The molecule has 0 atom stereocenters. The number of carbonyl (C=O) groups is 1. The Morgan fingerprint density at radius 3 is 2.53 bits per heavy atom. The van der Waals surface area contributed by atoms with E-state index in [4.69, 9.17) is 16.0 Å². The molecule has 0 aliphatic heterocycles. The molecule has 0 saturated carbocycles. The Balaban J connectivity index is 1.91. The number of nitrogens with one attached hydrogen (secondary N) is 1. The molecule has 2 aromatic carbocycles. The molecule has 3 rings (SSSR count). The highest BCUT2D eigenvalue weighted by Crippen LogP contribution is 2.28. The molecule has 0 saturated heterocycles. The topological polar surface area (TPSA) is 92.0 Å². The van der Waals surface area contributed by atoms with Crippen LogP contribution in [0.5, 0.6) is 0 Å². The number of nitrogens with zero attached hydrogens (tertiary/aromatic N) is 2. The Labute approximate surface area is 180 Å². The van der Waals surface area contributed by atoms with E-state index in [0.29, 0.717) is 22.0 Å². The summed E-state index contributed by atoms with van der Waals surface area (Å²) in [4.78, 5) is 12.6. The first kappa shape index (κ1) is 21.6. The van der Waals surface area contributed by atoms with Gasteiger partial charge in [0, 0.05) is 5.02 Å². The molecule has 0 aliphatic carbocycles. The predicted molar refractivity (Wildman–Crippen MR) is 116 cm³/mol. The quantitative estimate of drug-likeness (QED) is 0.441. The van der Waals surface area contributed by atoms with Crippen LogP contribution in [0.2, 0.25) is 5.02 Å². The van der Waals surface area contributed by atoms with Gasteiger partial charge in [-0.15, -0.1) is 0 Å². The highest BCUT2D eigenvalue weighted by atomic mass is 35.5. The average Bonchev–Trinajstić information content (AvgIpc) is 3.20. The number of benzene rings is 2. The summed E-state index contributed by atoms with van der Waals surface area (Å²) in [5.41, 5.74) is 4.22. The normalized spacial score (nSPS) is 11.6. The number of sulfonamides is 1. The zero-order valence-corrected chi connectivity index (χ0v) is 17.9. The van der Waals surface area contributed by atoms with Gasteiger partial charge in [-0.3, -0.25) is 9.10 Å². The molecular formula is C21H20ClN3O4S. The summed E-state index contributed by atoms with van der Waals surface area (Å²) >= 11 is 6.02. The lowest BCUT2D eigenvalue weighted by atomic mass is 10.2. The molecule has 1 N–H and O–H groups in total. The van der Waals surface area contributed by atoms with Gasteiger partial charge in [0.1, 0.15) is 12.3 Å². The van der Waals surface area contributed by atoms with Gasteiger partial charge in [0.15, 0.2) is 0 Å². The number of anilines is 1. The Hall–Kier alpha value is -3.10. The van der Waals surface area contributed by atoms with Crippen LogP contribution in [0.4, 0.5) is 5.69 Å². The molecule has 0 bridgehead atoms. The van der Waals surface area contributed by atoms with Gasteiger partial charge >= 0.3 is 0 Å². The van der Waals surface area contributed by atoms with Crippen LogP contribution in [0.15, 0.2) is 75.3 Å². The van der Waals surface area contributed by atoms with Crippen molar-refractivity contribution < 1.29 is 17.6 Å². The van der Waals surface area contributed by atoms with Gasteiger partial charge in [-0.05, 0) is 61.9 Å². The number of hydrogen-bond donors (Lipinski definition) is 1. The van der Waals surface area contributed by atoms with Crippen LogP contribution in [0.25, 0.3) is 0 Å². The monoisotopic (exact) mass is 445 g/mol. The third-order valence-electron chi connectivity index (χ3n) is 4.25. The molecule has 7 nitrogen and oxygen atoms in total. The van der Waals surface area contributed by atoms with Crippen molar-refractivity contribution in [1.29, 1.82) is 0 Å². The van der Waals surface area contributed by atoms with Crippen molar-refractivity contribution in [2.75, 3.05) is 10.8 Å². The molecule has 1 heterocycles. The summed E-state index contributed by atoms with van der Waals surface area (Å²) < 4.78 is 32.8. The molecule has 1 amide bonds. The zero-order chi connectivity index (χ0) is 21.7. The Morgan fingerprint density at radius 1 is 1.17 bits per heavy atom. The van der Waals surface area contributed by atoms with E-state index in [1.165, 1.54) is 24.6 Å². The zero-order valence-electron chi connectivity index (χ0n) is 16.4. The molecule has 9 heteroatoms. The second-order valence-corrected chi connectivity index (χ2v) is 8.86. The molecular weight excluding hydrogens is 426 g/mol. The molecule has 0 fully saturated rings. The van der Waals surface area contributed by atoms with E-state index in [0.717, 1.165) is 9.87 Å². The van der Waals surface area contributed by atoms with Gasteiger partial charge < -0.3 is 4.42 Å². The fourth-order valence-electron chi connectivity index (χ4n) is 2.73. The van der Waals surface area contributed by atoms with Gasteiger partial charge in [-0.25, -0.2) is 13.8 Å². The highest BCUT2D eigenvalue weighted by Gasteiger charge is 2.28. The Kier molecular flexibility index (Phi) is 6.59. The van der Waals surface area contributed by atoms with Gasteiger partial charge in [0.2, 0.25) is 0 Å². The van der Waals surface area contributed by atoms with Crippen molar-refractivity contribution in [3.05, 3.63) is 82.8 Å². The summed E-state index contributed by atoms with van der Waals surface area (Å²) in [6.07, 6.45) is 2.80. The lowest BCUT2D eigenvalue weighted by Gasteiger charge is -2.25. The minimum Gasteiger partial charge on any atom is -0.463 e. The van der Waals surface area contributed by atoms with E-state index < -0.39 is 22.5 Å². The molecule has 30 heavy (non-hydrogen) atoms. The molecule has 0 unspecified atom stereocenters. The van der Waals surface area contributed by atoms with Crippen molar-refractivity contribution >= 4 is 39.4 Å². The van der Waals surface area contributed by atoms with Crippen molar-refractivity contribution in [1.82, 2.24) is 5.43 Å². The maximum Gasteiger partial charge on any atom is 0.264 e. The standard InChI is InChI=1S/C21H20ClN3O4S/c1-15-5-8-19(9-6-15)30(27,28)25(20-10-7-17(22)12-16(20)2)14-21(26)24-23-13-18-4-3-11-29-18/h3-13H,14H2,1-2H3,(H,24,26)/b23-13-. The third kappa shape index (κ3) is 5.08. The van der Waals surface area contributed by atoms with E-state index in [-0.39, 0.29) is 4.90 Å². The maximum atomic E-state index is 13.3. The largest absolute Gasteiger partial charge is 0.463 e. The van der Waals surface area contributed by atoms with E-state index in [9.17, 15) is 13.2 Å². The fraction of sp³-hybridized carbons (Fsp3) is 0.143. The predicted octanol–water partition coefficient (Wildman–Crippen LogP) is 3.90. The Morgan fingerprint density at radius 2 is 1.90 bits per heavy atom. The van der Waals surface area contributed by atoms with Crippen molar-refractivity contribution in [2.45, 2.75) is 18.7 Å². The van der Waals surface area contributed by atoms with Crippen molar-refractivity contribution in [3.63, 3.8) is 0 Å². The SMILES string of the molecule is Cc1ccc(S(=O)(=O)N(CC(=O)N/N=C\c2ccco2)c2ccc(Cl)cc2C)cc1. The number of aryl methyl sites for hydroxylation is 2. The second-order valence-electron chi connectivity index (χ2n) is 6.56. The van der Waals surface area contributed by atoms with E-state index in [1.54, 1.807) is 49.4 Å². The number of carbonyl (C=O) groups excluding carboxylic acids is 1. The van der Waals surface area contributed by atoms with Crippen LogP contribution in [-0.4, -0.2) is 27.1 Å². The minimum absolute atomic E-state index is 0.0781. The van der Waals surface area contributed by atoms with Crippen LogP contribution in [-0.2, 0) is 14.8 Å². The number of halogens is 1. The summed E-state index contributed by atoms with van der Waals surface area (Å²) in [7, 11) is -4.01. The van der Waals surface area contributed by atoms with Crippen LogP contribution in [0, 0.1) is 13.8 Å². The molecule has 0 aliphatic rings. The second kappa shape index (κ2) is 9.15. The molecule has 156 valence electrons. The van der Waals surface area contributed by atoms with Gasteiger partial charge in [0.05, 0.1) is 23.1 Å². The highest BCUT2D eigenvalue weighted by molar-refractivity contribution is 7.92. The van der Waals surface area contributed by atoms with Crippen molar-refractivity contribution in [3.8, 4) is 0 Å². The maximum absolute atomic E-state index is 13.3. The van der Waals surface area contributed by atoms with Crippen LogP contribution < -0.4 is 9.73 Å². The van der Waals surface area contributed by atoms with Crippen LogP contribution in [0.1, 0.15) is 16.9 Å². The first-order valence-corrected chi connectivity index (χ1v) is 10.8. The van der Waals surface area contributed by atoms with Gasteiger partial charge in [0.25, 0.3) is 15.9 Å². The summed E-state index contributed by atoms with van der Waals surface area (Å²) in [6.45, 7) is 3.13. The number of hydrogen-bond acceptors (Lipinski definition) is 5. The number of hydrazone groups is 1. The fourth-order valence-corrected chi connectivity index (χ4v) is 4.45. The van der Waals surface area contributed by atoms with E-state index >= 15 is 0 Å². The van der Waals surface area contributed by atoms with E-state index in [2.05, 4.69) is 10.5 Å². The smallest absolute Gasteiger partial charge is 0.264 e. The lowest BCUT2D eigenvalue weighted by Crippen LogP contribution is -2.40. The molecule has 3 aromatic rings. The molecule has 1 aromatic heterocycles. The first-order valence-electron chi connectivity index (χ1n) is 8.98. The molecule has 0 radical (unpaired) electrons. The third-order valence-corrected chi connectivity index (χ3v) is 6.26. The lowest BCUT2D eigenvalue weighted by molar-refractivity contribution is -0.119. The van der Waals surface area contributed by atoms with Gasteiger partial charge in [-0.2, -0.15) is 5.10 Å². The average molecular weight is 446 g/mol. The summed E-state index contributed by atoms with van der Waals surface area (Å²) in [5, 5.41) is 4.27. The summed E-state index contributed by atoms with van der Waals surface area (Å²) in [6, 6.07) is 14.6. The van der Waals surface area contributed by atoms with Crippen LogP contribution in [0.3, 0.4) is 0 Å². The van der Waals surface area contributed by atoms with Crippen molar-refractivity contribution in [2.24, 2.45) is 5.10 Å². The number of furan rings is 1. The minimum atomic E-state index is -4.01. The number of rotatable bonds is 7. The van der Waals surface area contributed by atoms with Gasteiger partial charge in [-0.1, -0.05) is 29.3 Å².